The molecule has 2 fully saturated rings. The topological polar surface area (TPSA) is 58.8 Å². The van der Waals surface area contributed by atoms with E-state index in [1.165, 1.54) is 0 Å². The molecule has 1 amide bonds. The van der Waals surface area contributed by atoms with Gasteiger partial charge in [0.1, 0.15) is 5.54 Å². The van der Waals surface area contributed by atoms with Crippen molar-refractivity contribution < 1.29 is 9.53 Å². The molecule has 0 aromatic rings. The molecular formula is C16H31N3O2. The van der Waals surface area contributed by atoms with Crippen molar-refractivity contribution in [3.8, 4) is 0 Å². The van der Waals surface area contributed by atoms with Crippen LogP contribution in [0.5, 0.6) is 0 Å². The maximum Gasteiger partial charge on any atom is 0.243 e. The Labute approximate surface area is 128 Å². The fourth-order valence-corrected chi connectivity index (χ4v) is 3.49. The van der Waals surface area contributed by atoms with E-state index in [1.807, 2.05) is 11.8 Å². The second-order valence-electron chi connectivity index (χ2n) is 7.80. The lowest BCUT2D eigenvalue weighted by Crippen LogP contribution is -2.77. The summed E-state index contributed by atoms with van der Waals surface area (Å²) in [5.41, 5.74) is 5.41. The lowest BCUT2D eigenvalue weighted by atomic mass is 9.54. The highest BCUT2D eigenvalue weighted by Gasteiger charge is 2.64. The third-order valence-corrected chi connectivity index (χ3v) is 5.82. The van der Waals surface area contributed by atoms with E-state index in [4.69, 9.17) is 10.5 Å². The van der Waals surface area contributed by atoms with Crippen molar-refractivity contribution in [1.29, 1.82) is 0 Å². The number of piperazine rings is 1. The van der Waals surface area contributed by atoms with Crippen molar-refractivity contribution in [1.82, 2.24) is 9.80 Å². The average Bonchev–Trinajstić information content (AvgIpc) is 2.40. The molecule has 2 N–H and O–H groups in total. The van der Waals surface area contributed by atoms with E-state index < -0.39 is 5.54 Å². The Morgan fingerprint density at radius 3 is 2.38 bits per heavy atom. The van der Waals surface area contributed by atoms with Crippen LogP contribution in [-0.4, -0.2) is 66.2 Å². The highest BCUT2D eigenvalue weighted by atomic mass is 16.5. The summed E-state index contributed by atoms with van der Waals surface area (Å²) in [4.78, 5) is 17.2. The van der Waals surface area contributed by atoms with Gasteiger partial charge in [0.25, 0.3) is 0 Å². The minimum atomic E-state index is -0.793. The molecule has 2 aliphatic rings. The predicted molar refractivity (Wildman–Crippen MR) is 84.0 cm³/mol. The first-order valence-electron chi connectivity index (χ1n) is 7.97. The molecule has 0 aromatic carbocycles. The minimum absolute atomic E-state index is 0.00250. The molecule has 1 saturated carbocycles. The Kier molecular flexibility index (Phi) is 4.15. The normalized spacial score (nSPS) is 35.4. The van der Waals surface area contributed by atoms with Gasteiger partial charge >= 0.3 is 0 Å². The summed E-state index contributed by atoms with van der Waals surface area (Å²) in [5, 5.41) is 0. The third-order valence-electron chi connectivity index (χ3n) is 5.82. The maximum atomic E-state index is 13.0. The van der Waals surface area contributed by atoms with Crippen molar-refractivity contribution in [3.05, 3.63) is 0 Å². The van der Waals surface area contributed by atoms with Crippen LogP contribution >= 0.6 is 0 Å². The summed E-state index contributed by atoms with van der Waals surface area (Å²) in [7, 11) is 2.11. The Hall–Kier alpha value is -0.650. The summed E-state index contributed by atoms with van der Waals surface area (Å²) in [5.74, 6) is 0.0876. The second kappa shape index (κ2) is 5.21. The second-order valence-corrected chi connectivity index (χ2v) is 7.80. The number of hydrogen-bond acceptors (Lipinski definition) is 4. The molecular weight excluding hydrogens is 266 g/mol. The molecule has 5 nitrogen and oxygen atoms in total. The van der Waals surface area contributed by atoms with Crippen molar-refractivity contribution in [2.24, 2.45) is 11.1 Å². The third kappa shape index (κ3) is 2.49. The Bertz CT molecular complexity index is 422. The van der Waals surface area contributed by atoms with Crippen LogP contribution in [0.3, 0.4) is 0 Å². The van der Waals surface area contributed by atoms with Gasteiger partial charge in [-0.1, -0.05) is 13.8 Å². The number of carbonyl (C=O) groups is 1. The van der Waals surface area contributed by atoms with Gasteiger partial charge in [0, 0.05) is 43.6 Å². The largest absolute Gasteiger partial charge is 0.378 e. The van der Waals surface area contributed by atoms with Gasteiger partial charge in [0.05, 0.1) is 6.10 Å². The molecule has 0 aromatic heterocycles. The molecule has 1 aliphatic heterocycles. The number of amides is 1. The first-order chi connectivity index (χ1) is 9.56. The Morgan fingerprint density at radius 2 is 1.90 bits per heavy atom. The van der Waals surface area contributed by atoms with Gasteiger partial charge in [0.15, 0.2) is 0 Å². The number of ether oxygens (including phenoxy) is 1. The zero-order valence-electron chi connectivity index (χ0n) is 14.4. The molecule has 1 aliphatic carbocycles. The standard InChI is InChI=1S/C16H31N3O2/c1-7-21-12-10-16(17,15(12,4)5)13(20)19-9-8-18(6)14(2,3)11-19/h12H,7-11,17H2,1-6H3. The van der Waals surface area contributed by atoms with Crippen molar-refractivity contribution in [3.63, 3.8) is 0 Å². The Balaban J connectivity index is 2.11. The molecule has 122 valence electrons. The van der Waals surface area contributed by atoms with Gasteiger partial charge in [-0.2, -0.15) is 0 Å². The fraction of sp³-hybridized carbons (Fsp3) is 0.938. The number of likely N-dealkylation sites (N-methyl/N-ethyl adjacent to an activating group) is 1. The summed E-state index contributed by atoms with van der Waals surface area (Å²) < 4.78 is 5.73. The van der Waals surface area contributed by atoms with Crippen molar-refractivity contribution >= 4 is 5.91 Å². The zero-order valence-corrected chi connectivity index (χ0v) is 14.4. The quantitative estimate of drug-likeness (QED) is 0.846. The fourth-order valence-electron chi connectivity index (χ4n) is 3.49. The van der Waals surface area contributed by atoms with E-state index in [-0.39, 0.29) is 23.0 Å². The van der Waals surface area contributed by atoms with Gasteiger partial charge in [0.2, 0.25) is 5.91 Å². The number of nitrogens with zero attached hydrogens (tertiary/aromatic N) is 2. The SMILES string of the molecule is CCOC1CC(N)(C(=O)N2CCN(C)C(C)(C)C2)C1(C)C. The van der Waals surface area contributed by atoms with E-state index in [1.54, 1.807) is 0 Å². The van der Waals surface area contributed by atoms with Gasteiger partial charge in [-0.3, -0.25) is 9.69 Å². The van der Waals surface area contributed by atoms with Crippen LogP contribution in [-0.2, 0) is 9.53 Å². The van der Waals surface area contributed by atoms with Gasteiger partial charge in [-0.25, -0.2) is 0 Å². The number of nitrogens with two attached hydrogens (primary N) is 1. The molecule has 21 heavy (non-hydrogen) atoms. The smallest absolute Gasteiger partial charge is 0.243 e. The van der Waals surface area contributed by atoms with Crippen molar-refractivity contribution in [2.75, 3.05) is 33.3 Å². The maximum absolute atomic E-state index is 13.0. The highest BCUT2D eigenvalue weighted by molar-refractivity contribution is 5.89. The van der Waals surface area contributed by atoms with Gasteiger partial charge in [-0.05, 0) is 27.8 Å². The van der Waals surface area contributed by atoms with E-state index in [9.17, 15) is 4.79 Å². The van der Waals surface area contributed by atoms with Crippen LogP contribution in [0.2, 0.25) is 0 Å². The van der Waals surface area contributed by atoms with Crippen LogP contribution in [0.4, 0.5) is 0 Å². The summed E-state index contributed by atoms with van der Waals surface area (Å²) in [6.07, 6.45) is 0.705. The van der Waals surface area contributed by atoms with Crippen LogP contribution in [0, 0.1) is 5.41 Å². The summed E-state index contributed by atoms with van der Waals surface area (Å²) >= 11 is 0. The number of hydrogen-bond donors (Lipinski definition) is 1. The van der Waals surface area contributed by atoms with Crippen LogP contribution in [0.15, 0.2) is 0 Å². The first kappa shape index (κ1) is 16.7. The number of rotatable bonds is 3. The minimum Gasteiger partial charge on any atom is -0.378 e. The van der Waals surface area contributed by atoms with E-state index >= 15 is 0 Å². The van der Waals surface area contributed by atoms with Gasteiger partial charge < -0.3 is 15.4 Å². The molecule has 0 radical (unpaired) electrons. The lowest BCUT2D eigenvalue weighted by Gasteiger charge is -2.59. The van der Waals surface area contributed by atoms with E-state index in [0.29, 0.717) is 13.0 Å². The zero-order chi connectivity index (χ0) is 16.1. The van der Waals surface area contributed by atoms with Crippen molar-refractivity contribution in [2.45, 2.75) is 58.2 Å². The van der Waals surface area contributed by atoms with Crippen LogP contribution in [0.1, 0.15) is 41.0 Å². The van der Waals surface area contributed by atoms with Crippen LogP contribution in [0.25, 0.3) is 0 Å². The molecule has 1 saturated heterocycles. The molecule has 2 unspecified atom stereocenters. The van der Waals surface area contributed by atoms with E-state index in [2.05, 4.69) is 39.6 Å². The molecule has 1 heterocycles. The molecule has 5 heteroatoms. The molecule has 2 atom stereocenters. The highest BCUT2D eigenvalue weighted by Crippen LogP contribution is 2.50. The monoisotopic (exact) mass is 297 g/mol. The number of carbonyl (C=O) groups excluding carboxylic acids is 1. The summed E-state index contributed by atoms with van der Waals surface area (Å²) in [6, 6.07) is 0. The summed E-state index contributed by atoms with van der Waals surface area (Å²) in [6.45, 7) is 13.5. The lowest BCUT2D eigenvalue weighted by molar-refractivity contribution is -0.182. The molecule has 2 rings (SSSR count). The van der Waals surface area contributed by atoms with E-state index in [0.717, 1.165) is 19.6 Å². The first-order valence-corrected chi connectivity index (χ1v) is 7.97. The Morgan fingerprint density at radius 1 is 1.29 bits per heavy atom. The van der Waals surface area contributed by atoms with Crippen LogP contribution < -0.4 is 5.73 Å². The molecule has 0 spiro atoms. The molecule has 0 bridgehead atoms. The predicted octanol–water partition coefficient (Wildman–Crippen LogP) is 1.07. The van der Waals surface area contributed by atoms with Gasteiger partial charge in [-0.15, -0.1) is 0 Å². The average molecular weight is 297 g/mol.